The number of nitrogens with zero attached hydrogens (tertiary/aromatic N) is 2. The third-order valence-corrected chi connectivity index (χ3v) is 2.14. The second-order valence-electron chi connectivity index (χ2n) is 2.33. The van der Waals surface area contributed by atoms with Crippen LogP contribution in [0.5, 0.6) is 0 Å². The van der Waals surface area contributed by atoms with Crippen molar-refractivity contribution in [2.45, 2.75) is 18.7 Å². The summed E-state index contributed by atoms with van der Waals surface area (Å²) in [5.74, 6) is 0.443. The lowest BCUT2D eigenvalue weighted by molar-refractivity contribution is 0.274. The van der Waals surface area contributed by atoms with E-state index in [1.54, 1.807) is 6.92 Å². The number of hydrogen-bond donors (Lipinski definition) is 2. The molecule has 0 aromatic carbocycles. The van der Waals surface area contributed by atoms with Gasteiger partial charge < -0.3 is 10.8 Å². The van der Waals surface area contributed by atoms with Crippen LogP contribution in [-0.2, 0) is 6.61 Å². The number of hydrogen-bond acceptors (Lipinski definition) is 5. The number of nitrogen functional groups attached to an aromatic ring is 1. The Kier molecular flexibility index (Phi) is 2.88. The number of aliphatic hydroxyl groups excluding tert-OH is 1. The predicted molar refractivity (Wildman–Crippen MR) is 48.9 cm³/mol. The van der Waals surface area contributed by atoms with E-state index in [4.69, 9.17) is 10.8 Å². The van der Waals surface area contributed by atoms with E-state index in [0.717, 1.165) is 5.56 Å². The monoisotopic (exact) mass is 185 g/mol. The van der Waals surface area contributed by atoms with Crippen molar-refractivity contribution in [2.24, 2.45) is 0 Å². The van der Waals surface area contributed by atoms with Gasteiger partial charge >= 0.3 is 0 Å². The summed E-state index contributed by atoms with van der Waals surface area (Å²) in [4.78, 5) is 8.11. The molecule has 0 spiro atoms. The lowest BCUT2D eigenvalue weighted by Gasteiger charge is -2.05. The number of nitrogens with two attached hydrogens (primary N) is 1. The van der Waals surface area contributed by atoms with Crippen molar-refractivity contribution in [3.8, 4) is 0 Å². The molecule has 0 saturated carbocycles. The number of aromatic nitrogens is 2. The molecule has 0 aliphatic carbocycles. The fourth-order valence-electron chi connectivity index (χ4n) is 0.804. The van der Waals surface area contributed by atoms with E-state index in [1.165, 1.54) is 11.8 Å². The van der Waals surface area contributed by atoms with E-state index < -0.39 is 0 Å². The third kappa shape index (κ3) is 1.67. The Morgan fingerprint density at radius 1 is 1.50 bits per heavy atom. The zero-order chi connectivity index (χ0) is 9.14. The standard InChI is InChI=1S/C7H11N3OS/c1-4-5(3-11)9-7(12-2)10-6(4)8/h11H,3H2,1-2H3,(H2,8,9,10). The molecule has 1 rings (SSSR count). The molecular weight excluding hydrogens is 174 g/mol. The maximum Gasteiger partial charge on any atom is 0.189 e. The topological polar surface area (TPSA) is 72.0 Å². The Bertz CT molecular complexity index is 290. The summed E-state index contributed by atoms with van der Waals surface area (Å²) in [6.07, 6.45) is 1.87. The quantitative estimate of drug-likeness (QED) is 0.521. The Morgan fingerprint density at radius 3 is 2.67 bits per heavy atom. The van der Waals surface area contributed by atoms with E-state index >= 15 is 0 Å². The normalized spacial score (nSPS) is 10.2. The van der Waals surface area contributed by atoms with Crippen LogP contribution in [0.25, 0.3) is 0 Å². The van der Waals surface area contributed by atoms with Crippen LogP contribution in [0.15, 0.2) is 5.16 Å². The molecule has 0 atom stereocenters. The molecule has 0 aliphatic rings. The van der Waals surface area contributed by atoms with Gasteiger partial charge in [-0.1, -0.05) is 11.8 Å². The molecule has 12 heavy (non-hydrogen) atoms. The van der Waals surface area contributed by atoms with Crippen LogP contribution in [-0.4, -0.2) is 21.3 Å². The smallest absolute Gasteiger partial charge is 0.189 e. The van der Waals surface area contributed by atoms with Gasteiger partial charge in [0.2, 0.25) is 0 Å². The Hall–Kier alpha value is -0.810. The molecule has 0 bridgehead atoms. The van der Waals surface area contributed by atoms with Crippen LogP contribution < -0.4 is 5.73 Å². The van der Waals surface area contributed by atoms with E-state index in [2.05, 4.69) is 9.97 Å². The zero-order valence-electron chi connectivity index (χ0n) is 7.03. The molecule has 0 amide bonds. The Balaban J connectivity index is 3.19. The summed E-state index contributed by atoms with van der Waals surface area (Å²) in [6.45, 7) is 1.71. The van der Waals surface area contributed by atoms with Crippen molar-refractivity contribution in [2.75, 3.05) is 12.0 Å². The van der Waals surface area contributed by atoms with Crippen LogP contribution in [0.3, 0.4) is 0 Å². The average molecular weight is 185 g/mol. The molecule has 1 aromatic heterocycles. The Morgan fingerprint density at radius 2 is 2.17 bits per heavy atom. The highest BCUT2D eigenvalue weighted by Crippen LogP contribution is 2.16. The van der Waals surface area contributed by atoms with Gasteiger partial charge in [0.1, 0.15) is 5.82 Å². The highest BCUT2D eigenvalue weighted by Gasteiger charge is 2.06. The van der Waals surface area contributed by atoms with Gasteiger partial charge in [0.15, 0.2) is 5.16 Å². The molecule has 0 fully saturated rings. The highest BCUT2D eigenvalue weighted by molar-refractivity contribution is 7.98. The van der Waals surface area contributed by atoms with Crippen LogP contribution >= 0.6 is 11.8 Å². The van der Waals surface area contributed by atoms with Gasteiger partial charge in [-0.3, -0.25) is 0 Å². The lowest BCUT2D eigenvalue weighted by atomic mass is 10.2. The molecule has 0 unspecified atom stereocenters. The maximum atomic E-state index is 8.91. The number of rotatable bonds is 2. The average Bonchev–Trinajstić information content (AvgIpc) is 2.09. The fraction of sp³-hybridized carbons (Fsp3) is 0.429. The number of aliphatic hydroxyl groups is 1. The molecule has 1 heterocycles. The van der Waals surface area contributed by atoms with Crippen LogP contribution in [0.1, 0.15) is 11.3 Å². The van der Waals surface area contributed by atoms with Crippen LogP contribution in [0.2, 0.25) is 0 Å². The zero-order valence-corrected chi connectivity index (χ0v) is 7.85. The van der Waals surface area contributed by atoms with E-state index in [9.17, 15) is 0 Å². The molecule has 3 N–H and O–H groups in total. The molecule has 0 saturated heterocycles. The Labute approximate surface area is 75.2 Å². The largest absolute Gasteiger partial charge is 0.390 e. The first-order chi connectivity index (χ1) is 5.69. The molecule has 4 nitrogen and oxygen atoms in total. The summed E-state index contributed by atoms with van der Waals surface area (Å²) in [5, 5.41) is 9.51. The summed E-state index contributed by atoms with van der Waals surface area (Å²) < 4.78 is 0. The lowest BCUT2D eigenvalue weighted by Crippen LogP contribution is -2.03. The van der Waals surface area contributed by atoms with Gasteiger partial charge in [-0.2, -0.15) is 0 Å². The maximum absolute atomic E-state index is 8.91. The second kappa shape index (κ2) is 3.73. The summed E-state index contributed by atoms with van der Waals surface area (Å²) in [7, 11) is 0. The molecule has 0 aliphatic heterocycles. The minimum atomic E-state index is -0.0912. The van der Waals surface area contributed by atoms with E-state index in [-0.39, 0.29) is 6.61 Å². The summed E-state index contributed by atoms with van der Waals surface area (Å²) >= 11 is 1.41. The first-order valence-corrected chi connectivity index (χ1v) is 4.69. The van der Waals surface area contributed by atoms with Gasteiger partial charge in [0.05, 0.1) is 12.3 Å². The second-order valence-corrected chi connectivity index (χ2v) is 3.10. The minimum absolute atomic E-state index is 0.0912. The summed E-state index contributed by atoms with van der Waals surface area (Å²) in [6, 6.07) is 0. The van der Waals surface area contributed by atoms with Crippen molar-refractivity contribution in [1.82, 2.24) is 9.97 Å². The summed E-state index contributed by atoms with van der Waals surface area (Å²) in [5.41, 5.74) is 6.96. The van der Waals surface area contributed by atoms with Crippen LogP contribution in [0.4, 0.5) is 5.82 Å². The number of anilines is 1. The molecule has 5 heteroatoms. The molecule has 66 valence electrons. The van der Waals surface area contributed by atoms with Gasteiger partial charge in [0.25, 0.3) is 0 Å². The van der Waals surface area contributed by atoms with Crippen molar-refractivity contribution in [1.29, 1.82) is 0 Å². The first kappa shape index (κ1) is 9.28. The van der Waals surface area contributed by atoms with Gasteiger partial charge in [-0.15, -0.1) is 0 Å². The van der Waals surface area contributed by atoms with Gasteiger partial charge in [0, 0.05) is 5.56 Å². The van der Waals surface area contributed by atoms with Gasteiger partial charge in [-0.05, 0) is 13.2 Å². The molecular formula is C7H11N3OS. The SMILES string of the molecule is CSc1nc(N)c(C)c(CO)n1. The predicted octanol–water partition coefficient (Wildman–Crippen LogP) is 0.581. The number of thioether (sulfide) groups is 1. The molecule has 1 aromatic rings. The highest BCUT2D eigenvalue weighted by atomic mass is 32.2. The third-order valence-electron chi connectivity index (χ3n) is 1.60. The van der Waals surface area contributed by atoms with Crippen molar-refractivity contribution >= 4 is 17.6 Å². The molecule has 0 radical (unpaired) electrons. The van der Waals surface area contributed by atoms with E-state index in [1.807, 2.05) is 6.26 Å². The van der Waals surface area contributed by atoms with Gasteiger partial charge in [-0.25, -0.2) is 9.97 Å². The first-order valence-electron chi connectivity index (χ1n) is 3.47. The van der Waals surface area contributed by atoms with E-state index in [0.29, 0.717) is 16.7 Å². The van der Waals surface area contributed by atoms with Crippen molar-refractivity contribution in [3.05, 3.63) is 11.3 Å². The van der Waals surface area contributed by atoms with Crippen molar-refractivity contribution < 1.29 is 5.11 Å². The van der Waals surface area contributed by atoms with Crippen molar-refractivity contribution in [3.63, 3.8) is 0 Å². The van der Waals surface area contributed by atoms with Crippen LogP contribution in [0, 0.1) is 6.92 Å². The fourth-order valence-corrected chi connectivity index (χ4v) is 1.20. The minimum Gasteiger partial charge on any atom is -0.390 e.